The molecule has 3 aromatic rings. The van der Waals surface area contributed by atoms with Gasteiger partial charge in [-0.15, -0.1) is 0 Å². The summed E-state index contributed by atoms with van der Waals surface area (Å²) in [6.45, 7) is 5.07. The monoisotopic (exact) mass is 439 g/mol. The third kappa shape index (κ3) is 4.60. The number of hydrogen-bond acceptors (Lipinski definition) is 6. The van der Waals surface area contributed by atoms with E-state index in [9.17, 15) is 9.59 Å². The number of hydrogen-bond donors (Lipinski definition) is 0. The van der Waals surface area contributed by atoms with Crippen molar-refractivity contribution in [1.29, 1.82) is 0 Å². The van der Waals surface area contributed by atoms with E-state index in [0.717, 1.165) is 0 Å². The van der Waals surface area contributed by atoms with Crippen LogP contribution in [0.25, 0.3) is 16.6 Å². The predicted octanol–water partition coefficient (Wildman–Crippen LogP) is 3.12. The van der Waals surface area contributed by atoms with Crippen LogP contribution in [0.1, 0.15) is 13.8 Å². The average molecular weight is 440 g/mol. The van der Waals surface area contributed by atoms with Crippen LogP contribution < -0.4 is 10.3 Å². The van der Waals surface area contributed by atoms with E-state index >= 15 is 0 Å². The van der Waals surface area contributed by atoms with Gasteiger partial charge in [0.05, 0.1) is 41.7 Å². The van der Waals surface area contributed by atoms with Gasteiger partial charge >= 0.3 is 0 Å². The lowest BCUT2D eigenvalue weighted by Crippen LogP contribution is -2.48. The quantitative estimate of drug-likeness (QED) is 0.449. The molecular weight excluding hydrogens is 414 g/mol. The molecule has 0 saturated carbocycles. The second-order valence-electron chi connectivity index (χ2n) is 7.60. The van der Waals surface area contributed by atoms with E-state index in [-0.39, 0.29) is 29.4 Å². The third-order valence-electron chi connectivity index (χ3n) is 5.15. The fourth-order valence-corrected chi connectivity index (χ4v) is 4.70. The van der Waals surface area contributed by atoms with Gasteiger partial charge in [-0.1, -0.05) is 30.0 Å². The highest BCUT2D eigenvalue weighted by Gasteiger charge is 2.26. The molecule has 1 amide bonds. The van der Waals surface area contributed by atoms with Gasteiger partial charge in [0.2, 0.25) is 5.91 Å². The minimum atomic E-state index is -0.178. The number of nitrogens with zero attached hydrogens (tertiary/aromatic N) is 3. The van der Waals surface area contributed by atoms with Crippen molar-refractivity contribution in [3.05, 3.63) is 58.9 Å². The van der Waals surface area contributed by atoms with Gasteiger partial charge in [0.15, 0.2) is 5.16 Å². The molecule has 4 rings (SSSR count). The van der Waals surface area contributed by atoms with Crippen molar-refractivity contribution in [3.8, 4) is 11.4 Å². The lowest BCUT2D eigenvalue weighted by molar-refractivity contribution is -0.140. The molecule has 1 aliphatic rings. The molecule has 7 nitrogen and oxygen atoms in total. The van der Waals surface area contributed by atoms with Gasteiger partial charge in [0.1, 0.15) is 5.75 Å². The van der Waals surface area contributed by atoms with Gasteiger partial charge in [-0.25, -0.2) is 4.98 Å². The van der Waals surface area contributed by atoms with Gasteiger partial charge in [-0.3, -0.25) is 14.2 Å². The van der Waals surface area contributed by atoms with Crippen molar-refractivity contribution in [3.63, 3.8) is 0 Å². The molecule has 1 saturated heterocycles. The Balaban J connectivity index is 1.69. The Morgan fingerprint density at radius 1 is 1.16 bits per heavy atom. The Kier molecular flexibility index (Phi) is 6.29. The molecule has 0 bridgehead atoms. The van der Waals surface area contributed by atoms with Crippen LogP contribution in [0.2, 0.25) is 0 Å². The summed E-state index contributed by atoms with van der Waals surface area (Å²) in [6.07, 6.45) is 0.0120. The minimum Gasteiger partial charge on any atom is -0.497 e. The fraction of sp³-hybridized carbons (Fsp3) is 0.348. The van der Waals surface area contributed by atoms with Crippen molar-refractivity contribution >= 4 is 28.6 Å². The summed E-state index contributed by atoms with van der Waals surface area (Å²) in [5.74, 6) is 0.834. The number of ether oxygens (including phenoxy) is 2. The zero-order valence-electron chi connectivity index (χ0n) is 17.8. The number of amides is 1. The zero-order chi connectivity index (χ0) is 22.0. The van der Waals surface area contributed by atoms with Crippen LogP contribution >= 0.6 is 11.8 Å². The van der Waals surface area contributed by atoms with Crippen molar-refractivity contribution in [2.45, 2.75) is 31.2 Å². The maximum absolute atomic E-state index is 13.3. The number of carbonyl (C=O) groups is 1. The smallest absolute Gasteiger partial charge is 0.266 e. The second-order valence-corrected chi connectivity index (χ2v) is 8.54. The molecule has 0 radical (unpaired) electrons. The van der Waals surface area contributed by atoms with Gasteiger partial charge in [0, 0.05) is 19.2 Å². The largest absolute Gasteiger partial charge is 0.497 e. The lowest BCUT2D eigenvalue weighted by Gasteiger charge is -2.35. The first-order valence-corrected chi connectivity index (χ1v) is 11.2. The standard InChI is InChI=1S/C23H25N3O4S/c1-15-12-25(13-16(2)30-15)21(27)14-31-23-24-20-10-5-4-9-19(20)22(28)26(23)17-7-6-8-18(11-17)29-3/h4-11,15-16H,12-14H2,1-3H3. The number of methoxy groups -OCH3 is 1. The first-order valence-electron chi connectivity index (χ1n) is 10.2. The number of aromatic nitrogens is 2. The summed E-state index contributed by atoms with van der Waals surface area (Å²) in [5.41, 5.74) is 1.07. The molecule has 2 unspecified atom stereocenters. The maximum atomic E-state index is 13.3. The molecule has 0 aliphatic carbocycles. The molecule has 2 aromatic carbocycles. The van der Waals surface area contributed by atoms with Crippen molar-refractivity contribution < 1.29 is 14.3 Å². The number of fused-ring (bicyclic) bond motifs is 1. The zero-order valence-corrected chi connectivity index (χ0v) is 18.6. The Morgan fingerprint density at radius 3 is 2.65 bits per heavy atom. The summed E-state index contributed by atoms with van der Waals surface area (Å²) in [7, 11) is 1.58. The van der Waals surface area contributed by atoms with E-state index in [1.165, 1.54) is 11.8 Å². The maximum Gasteiger partial charge on any atom is 0.266 e. The molecule has 1 aliphatic heterocycles. The number of rotatable bonds is 5. The van der Waals surface area contributed by atoms with E-state index in [0.29, 0.717) is 40.6 Å². The second kappa shape index (κ2) is 9.11. The highest BCUT2D eigenvalue weighted by Crippen LogP contribution is 2.24. The highest BCUT2D eigenvalue weighted by molar-refractivity contribution is 7.99. The molecule has 8 heteroatoms. The Bertz CT molecular complexity index is 1150. The third-order valence-corrected chi connectivity index (χ3v) is 6.08. The van der Waals surface area contributed by atoms with Crippen LogP contribution in [-0.4, -0.2) is 58.5 Å². The molecular formula is C23H25N3O4S. The van der Waals surface area contributed by atoms with Gasteiger partial charge in [0.25, 0.3) is 5.56 Å². The van der Waals surface area contributed by atoms with Crippen molar-refractivity contribution in [2.24, 2.45) is 0 Å². The predicted molar refractivity (Wildman–Crippen MR) is 121 cm³/mol. The molecule has 31 heavy (non-hydrogen) atoms. The van der Waals surface area contributed by atoms with E-state index in [1.54, 1.807) is 23.8 Å². The first-order chi connectivity index (χ1) is 15.0. The van der Waals surface area contributed by atoms with Crippen molar-refractivity contribution in [2.75, 3.05) is 26.0 Å². The number of para-hydroxylation sites is 1. The fourth-order valence-electron chi connectivity index (χ4n) is 3.79. The van der Waals surface area contributed by atoms with Gasteiger partial charge in [-0.2, -0.15) is 0 Å². The highest BCUT2D eigenvalue weighted by atomic mass is 32.2. The van der Waals surface area contributed by atoms with Crippen molar-refractivity contribution in [1.82, 2.24) is 14.5 Å². The molecule has 2 heterocycles. The normalized spacial score (nSPS) is 18.9. The van der Waals surface area contributed by atoms with E-state index in [2.05, 4.69) is 0 Å². The summed E-state index contributed by atoms with van der Waals surface area (Å²) in [6, 6.07) is 14.5. The van der Waals surface area contributed by atoms with E-state index < -0.39 is 0 Å². The van der Waals surface area contributed by atoms with Crippen LogP contribution in [0.5, 0.6) is 5.75 Å². The Labute approximate surface area is 185 Å². The summed E-state index contributed by atoms with van der Waals surface area (Å²) in [5, 5.41) is 0.997. The van der Waals surface area contributed by atoms with Gasteiger partial charge < -0.3 is 14.4 Å². The number of morpholine rings is 1. The number of benzene rings is 2. The summed E-state index contributed by atoms with van der Waals surface area (Å²) >= 11 is 1.27. The number of thioether (sulfide) groups is 1. The van der Waals surface area contributed by atoms with Crippen LogP contribution in [0, 0.1) is 0 Å². The van der Waals surface area contributed by atoms with Crippen LogP contribution in [0.15, 0.2) is 58.5 Å². The topological polar surface area (TPSA) is 73.7 Å². The number of carbonyl (C=O) groups excluding carboxylic acids is 1. The summed E-state index contributed by atoms with van der Waals surface area (Å²) in [4.78, 5) is 32.7. The molecule has 0 N–H and O–H groups in total. The first kappa shape index (κ1) is 21.4. The van der Waals surface area contributed by atoms with Crippen LogP contribution in [0.3, 0.4) is 0 Å². The SMILES string of the molecule is COc1cccc(-n2c(SCC(=O)N3CC(C)OC(C)C3)nc3ccccc3c2=O)c1. The minimum absolute atomic E-state index is 0.00598. The molecule has 1 aromatic heterocycles. The lowest BCUT2D eigenvalue weighted by atomic mass is 10.2. The molecule has 0 spiro atoms. The van der Waals surface area contributed by atoms with Gasteiger partial charge in [-0.05, 0) is 38.1 Å². The molecule has 1 fully saturated rings. The average Bonchev–Trinajstić information content (AvgIpc) is 2.77. The van der Waals surface area contributed by atoms with E-state index in [4.69, 9.17) is 14.5 Å². The Hall–Kier alpha value is -2.84. The molecule has 162 valence electrons. The summed E-state index contributed by atoms with van der Waals surface area (Å²) < 4.78 is 12.6. The Morgan fingerprint density at radius 2 is 1.90 bits per heavy atom. The molecule has 2 atom stereocenters. The van der Waals surface area contributed by atoms with Crippen LogP contribution in [0.4, 0.5) is 0 Å². The van der Waals surface area contributed by atoms with Crippen LogP contribution in [-0.2, 0) is 9.53 Å². The van der Waals surface area contributed by atoms with E-state index in [1.807, 2.05) is 55.1 Å².